The van der Waals surface area contributed by atoms with Crippen molar-refractivity contribution in [2.45, 2.75) is 33.4 Å². The third-order valence-electron chi connectivity index (χ3n) is 32.7. The molecule has 21 aromatic rings. The Morgan fingerprint density at radius 3 is 0.764 bits per heavy atom. The number of likely N-dealkylation sites (N-methyl/N-ethyl adjacent to an activating group) is 4. The highest BCUT2D eigenvalue weighted by Gasteiger charge is 2.94. The zero-order chi connectivity index (χ0) is 54.8. The molecule has 11 aliphatic carbocycles. The highest BCUT2D eigenvalue weighted by atomic mass is 16.6. The van der Waals surface area contributed by atoms with Crippen LogP contribution in [0.15, 0.2) is 22.3 Å². The van der Waals surface area contributed by atoms with Crippen LogP contribution in [0.1, 0.15) is 55.6 Å². The minimum Gasteiger partial charge on any atom is -0.343 e. The lowest BCUT2D eigenvalue weighted by atomic mass is 9.43. The van der Waals surface area contributed by atoms with Gasteiger partial charge in [0.2, 0.25) is 0 Å². The van der Waals surface area contributed by atoms with E-state index in [1.54, 1.807) is 293 Å². The zero-order valence-corrected chi connectivity index (χ0v) is 49.3. The Morgan fingerprint density at radius 2 is 0.427 bits per heavy atom. The van der Waals surface area contributed by atoms with E-state index in [0.717, 1.165) is 105 Å². The average Bonchev–Trinajstić information content (AvgIpc) is 1.36. The van der Waals surface area contributed by atoms with Crippen LogP contribution in [0.2, 0.25) is 0 Å². The predicted octanol–water partition coefficient (Wildman–Crippen LogP) is 11.8. The van der Waals surface area contributed by atoms with Gasteiger partial charge in [0, 0.05) is 127 Å². The minimum absolute atomic E-state index is 0.478. The molecule has 0 aromatic heterocycles. The maximum Gasteiger partial charge on any atom is 0.147 e. The average molecular weight is 1130 g/mol. The van der Waals surface area contributed by atoms with Crippen molar-refractivity contribution in [3.05, 3.63) is 77.9 Å². The molecule has 5 saturated heterocycles. The molecule has 6 unspecified atom stereocenters. The van der Waals surface area contributed by atoms with E-state index in [0.29, 0.717) is 0 Å². The standard InChI is InChI=1S/C80H44N8O/c1-81-5-13-85(14-6-81)75-61-51-41-31-26-21-22-24-25-23(21)28-35-33(26)42(41)53-55-45(35)47-37(28)38-30(25)40-39-29(24)36-34-27(22)32(31)43-44(34)54-56-46(36)49(39)59-60-50(40)48(38)58-57(47)67-65(55)76(62(53)61,86-15-7-82(2)8-16-86)72-71(75)73-77(64(54)63(75)52(43)51,87-17-9-83(3)10-18-87)66(56)69(59)79(88-19-11-84(4)12-20-88)70(60)68(58)78(67)74(72)80(73,79)89-78/h5-20H2,1-4H3. The highest BCUT2D eigenvalue weighted by molar-refractivity contribution is 6.77. The number of hydrogen-bond acceptors (Lipinski definition) is 9. The summed E-state index contributed by atoms with van der Waals surface area (Å²) in [6, 6.07) is 0. The van der Waals surface area contributed by atoms with Gasteiger partial charge in [0.25, 0.3) is 0 Å². The summed E-state index contributed by atoms with van der Waals surface area (Å²) in [7, 11) is 9.74. The molecule has 2 bridgehead atoms. The SMILES string of the molecule is CN1CCN(C23C4=C5C67OC58C5=C4C4(N9CCN(C)CC9)c9c2c2c%10c3c6c3c6c7c7c%11c%12c(c%13c%14c%15c(c4c4c9c9c2c2c%16c%10c3c3c%10c6c%11c6c%11c%12c%14c%12c%14c%15c4c4c9c2c2c(c3%16)c(c%106)c(c%12%11)c2c4%14)C5%13N2CCN(C)CC2)C78N2CCN(C)CC2)CC1. The highest BCUT2D eigenvalue weighted by Crippen LogP contribution is 2.96. The Hall–Kier alpha value is -7.38. The van der Waals surface area contributed by atoms with E-state index in [9.17, 15) is 4.74 Å². The van der Waals surface area contributed by atoms with E-state index in [2.05, 4.69) is 67.4 Å². The van der Waals surface area contributed by atoms with Crippen LogP contribution in [0.4, 0.5) is 0 Å². The van der Waals surface area contributed by atoms with E-state index in [4.69, 9.17) is 0 Å². The first-order valence-corrected chi connectivity index (χ1v) is 34.7. The normalized spacial score (nSPS) is 34.2. The minimum atomic E-state index is -0.730. The lowest BCUT2D eigenvalue weighted by Crippen LogP contribution is -2.83. The van der Waals surface area contributed by atoms with Gasteiger partial charge in [-0.15, -0.1) is 0 Å². The number of benzene rings is 15. The number of piperazine rings is 4. The summed E-state index contributed by atoms with van der Waals surface area (Å²) in [4.78, 5) is 23.8. The Morgan fingerprint density at radius 1 is 0.213 bits per heavy atom. The third kappa shape index (κ3) is 2.36. The maximum atomic E-state index is 9.80. The van der Waals surface area contributed by atoms with E-state index >= 15 is 0 Å². The van der Waals surface area contributed by atoms with Gasteiger partial charge < -0.3 is 24.3 Å². The second-order valence-corrected chi connectivity index (χ2v) is 33.7. The number of rotatable bonds is 4. The first-order valence-electron chi connectivity index (χ1n) is 34.7. The van der Waals surface area contributed by atoms with Crippen LogP contribution in [0.5, 0.6) is 0 Å². The van der Waals surface area contributed by atoms with Crippen LogP contribution in [0.3, 0.4) is 0 Å². The van der Waals surface area contributed by atoms with Crippen LogP contribution in [0, 0.1) is 0 Å². The molecule has 37 rings (SSSR count). The molecule has 5 aliphatic heterocycles. The van der Waals surface area contributed by atoms with Crippen molar-refractivity contribution in [1.29, 1.82) is 0 Å². The van der Waals surface area contributed by atoms with Gasteiger partial charge in [-0.2, -0.15) is 0 Å². The fourth-order valence-corrected chi connectivity index (χ4v) is 31.5. The molecular formula is C80H44N8O. The Kier molecular flexibility index (Phi) is 4.18. The third-order valence-corrected chi connectivity index (χ3v) is 32.7. The fourth-order valence-electron chi connectivity index (χ4n) is 31.5. The Labute approximate surface area is 500 Å². The lowest BCUT2D eigenvalue weighted by molar-refractivity contribution is -0.255. The van der Waals surface area contributed by atoms with Crippen molar-refractivity contribution in [3.8, 4) is 0 Å². The van der Waals surface area contributed by atoms with Gasteiger partial charge in [-0.25, -0.2) is 0 Å². The first-order chi connectivity index (χ1) is 43.9. The number of ether oxygens (including phenoxy) is 1. The van der Waals surface area contributed by atoms with Crippen molar-refractivity contribution in [1.82, 2.24) is 39.2 Å². The molecule has 5 fully saturated rings. The van der Waals surface area contributed by atoms with Gasteiger partial charge in [0.15, 0.2) is 0 Å². The molecule has 9 heteroatoms. The van der Waals surface area contributed by atoms with Crippen LogP contribution in [-0.2, 0) is 32.5 Å². The molecule has 0 amide bonds. The largest absolute Gasteiger partial charge is 0.343 e. The van der Waals surface area contributed by atoms with Gasteiger partial charge in [-0.05, 0) is 299 Å². The molecule has 9 nitrogen and oxygen atoms in total. The summed E-state index contributed by atoms with van der Waals surface area (Å²) in [5.41, 5.74) is 21.1. The summed E-state index contributed by atoms with van der Waals surface area (Å²) < 4.78 is 9.80. The van der Waals surface area contributed by atoms with Crippen molar-refractivity contribution in [2.75, 3.05) is 133 Å². The van der Waals surface area contributed by atoms with E-state index in [-0.39, 0.29) is 0 Å². The van der Waals surface area contributed by atoms with Gasteiger partial charge in [-0.3, -0.25) is 19.6 Å². The van der Waals surface area contributed by atoms with Gasteiger partial charge in [0.1, 0.15) is 16.7 Å². The molecule has 410 valence electrons. The molecule has 0 radical (unpaired) electrons. The van der Waals surface area contributed by atoms with E-state index < -0.39 is 33.4 Å². The second-order valence-electron chi connectivity index (χ2n) is 33.7. The predicted molar refractivity (Wildman–Crippen MR) is 356 cm³/mol. The monoisotopic (exact) mass is 1130 g/mol. The molecule has 0 saturated carbocycles. The Bertz CT molecular complexity index is 7560. The molecule has 6 atom stereocenters. The van der Waals surface area contributed by atoms with Crippen LogP contribution in [-0.4, -0.2) is 178 Å². The topological polar surface area (TPSA) is 35.2 Å². The van der Waals surface area contributed by atoms with Gasteiger partial charge in [-0.1, -0.05) is 0 Å². The summed E-state index contributed by atoms with van der Waals surface area (Å²) in [6.45, 7) is 17.2. The fraction of sp³-hybridized carbons (Fsp3) is 0.325. The van der Waals surface area contributed by atoms with E-state index in [1.807, 2.05) is 0 Å². The first kappa shape index (κ1) is 39.0. The Balaban J connectivity index is 0.998. The van der Waals surface area contributed by atoms with Crippen molar-refractivity contribution < 1.29 is 4.74 Å². The van der Waals surface area contributed by atoms with Crippen LogP contribution >= 0.6 is 0 Å². The van der Waals surface area contributed by atoms with Gasteiger partial charge in [0.05, 0.1) is 16.6 Å². The molecule has 0 N–H and O–H groups in total. The summed E-state index contributed by atoms with van der Waals surface area (Å²) in [5, 5.41) is 67.3. The summed E-state index contributed by atoms with van der Waals surface area (Å²) in [5.74, 6) is 0. The molecule has 21 aromatic carbocycles. The van der Waals surface area contributed by atoms with Crippen molar-refractivity contribution in [2.24, 2.45) is 0 Å². The molecule has 89 heavy (non-hydrogen) atoms. The zero-order valence-electron chi connectivity index (χ0n) is 49.3. The molecule has 16 aliphatic rings. The lowest BCUT2D eigenvalue weighted by Gasteiger charge is -2.76. The molecule has 5 heterocycles. The quantitative estimate of drug-likeness (QED) is 0.160. The number of hydrogen-bond donors (Lipinski definition) is 0. The maximum absolute atomic E-state index is 9.80. The van der Waals surface area contributed by atoms with Crippen LogP contribution in [0.25, 0.3) is 215 Å². The molecule has 2 spiro atoms. The number of nitrogens with zero attached hydrogens (tertiary/aromatic N) is 8. The van der Waals surface area contributed by atoms with Crippen molar-refractivity contribution in [3.63, 3.8) is 0 Å². The van der Waals surface area contributed by atoms with E-state index in [1.165, 1.54) is 0 Å². The molecular weight excluding hydrogens is 1090 g/mol. The van der Waals surface area contributed by atoms with Crippen LogP contribution < -0.4 is 0 Å². The van der Waals surface area contributed by atoms with Gasteiger partial charge >= 0.3 is 0 Å². The summed E-state index contributed by atoms with van der Waals surface area (Å²) >= 11 is 0. The summed E-state index contributed by atoms with van der Waals surface area (Å²) in [6.07, 6.45) is 0. The smallest absolute Gasteiger partial charge is 0.147 e. The van der Waals surface area contributed by atoms with Crippen molar-refractivity contribution >= 4 is 215 Å². The second kappa shape index (κ2) is 9.53.